The van der Waals surface area contributed by atoms with Gasteiger partial charge in [0.25, 0.3) is 5.91 Å². The molecule has 5 rings (SSSR count). The summed E-state index contributed by atoms with van der Waals surface area (Å²) in [6, 6.07) is 13.7. The Morgan fingerprint density at radius 3 is 2.59 bits per heavy atom. The van der Waals surface area contributed by atoms with Gasteiger partial charge in [0.15, 0.2) is 0 Å². The third kappa shape index (κ3) is 4.03. The van der Waals surface area contributed by atoms with Crippen LogP contribution in [0.25, 0.3) is 17.1 Å². The van der Waals surface area contributed by atoms with E-state index < -0.39 is 0 Å². The van der Waals surface area contributed by atoms with Crippen molar-refractivity contribution < 1.29 is 13.7 Å². The number of halogens is 1. The molecule has 1 aliphatic rings. The summed E-state index contributed by atoms with van der Waals surface area (Å²) < 4.78 is 20.1. The monoisotopic (exact) mass is 431 g/mol. The summed E-state index contributed by atoms with van der Waals surface area (Å²) in [4.78, 5) is 17.1. The van der Waals surface area contributed by atoms with Crippen LogP contribution in [0.1, 0.15) is 52.7 Å². The quantitative estimate of drug-likeness (QED) is 0.483. The Labute approximate surface area is 184 Å². The third-order valence-electron chi connectivity index (χ3n) is 5.80. The van der Waals surface area contributed by atoms with Crippen LogP contribution in [0.15, 0.2) is 59.3 Å². The van der Waals surface area contributed by atoms with Gasteiger partial charge in [0.1, 0.15) is 5.82 Å². The number of nitrogens with zero attached hydrogens (tertiary/aromatic N) is 4. The summed E-state index contributed by atoms with van der Waals surface area (Å²) in [6.07, 6.45) is 5.14. The van der Waals surface area contributed by atoms with Crippen molar-refractivity contribution in [1.82, 2.24) is 25.2 Å². The van der Waals surface area contributed by atoms with Gasteiger partial charge >= 0.3 is 0 Å². The molecule has 2 aromatic heterocycles. The van der Waals surface area contributed by atoms with Gasteiger partial charge in [-0.25, -0.2) is 9.07 Å². The first-order chi connectivity index (χ1) is 15.6. The van der Waals surface area contributed by atoms with E-state index in [4.69, 9.17) is 4.52 Å². The molecular weight excluding hydrogens is 409 g/mol. The van der Waals surface area contributed by atoms with Crippen LogP contribution in [0, 0.1) is 12.7 Å². The fourth-order valence-corrected chi connectivity index (χ4v) is 3.63. The topological polar surface area (TPSA) is 85.8 Å². The number of benzene rings is 2. The summed E-state index contributed by atoms with van der Waals surface area (Å²) in [6.45, 7) is 2.10. The Balaban J connectivity index is 1.28. The van der Waals surface area contributed by atoms with E-state index >= 15 is 0 Å². The molecule has 8 heteroatoms. The molecule has 1 amide bonds. The maximum absolute atomic E-state index is 13.0. The van der Waals surface area contributed by atoms with Gasteiger partial charge in [-0.15, -0.1) is 0 Å². The van der Waals surface area contributed by atoms with Crippen molar-refractivity contribution in [2.75, 3.05) is 0 Å². The fraction of sp³-hybridized carbons (Fsp3) is 0.250. The SMILES string of the molecule is Cc1nn(-c2ccc(-c3noc(C4CCC4)n3)cc2)cc1C(=O)NCc1ccc(F)cc1. The van der Waals surface area contributed by atoms with E-state index in [1.807, 2.05) is 24.3 Å². The lowest BCUT2D eigenvalue weighted by atomic mass is 9.85. The van der Waals surface area contributed by atoms with Crippen molar-refractivity contribution in [3.63, 3.8) is 0 Å². The molecule has 1 fully saturated rings. The number of carbonyl (C=O) groups excluding carboxylic acids is 1. The highest BCUT2D eigenvalue weighted by molar-refractivity contribution is 5.95. The molecule has 0 bridgehead atoms. The normalized spacial score (nSPS) is 13.7. The van der Waals surface area contributed by atoms with Crippen LogP contribution < -0.4 is 5.32 Å². The molecule has 162 valence electrons. The molecule has 7 nitrogen and oxygen atoms in total. The second-order valence-corrected chi connectivity index (χ2v) is 8.01. The smallest absolute Gasteiger partial charge is 0.255 e. The van der Waals surface area contributed by atoms with Crippen molar-refractivity contribution in [2.24, 2.45) is 0 Å². The minimum atomic E-state index is -0.304. The number of nitrogens with one attached hydrogen (secondary N) is 1. The molecule has 2 aromatic carbocycles. The van der Waals surface area contributed by atoms with Gasteiger partial charge in [-0.3, -0.25) is 4.79 Å². The molecule has 0 aliphatic heterocycles. The molecular formula is C24H22FN5O2. The Kier molecular flexibility index (Phi) is 5.26. The van der Waals surface area contributed by atoms with Gasteiger partial charge in [-0.05, 0) is 61.7 Å². The predicted molar refractivity (Wildman–Crippen MR) is 116 cm³/mol. The first-order valence-electron chi connectivity index (χ1n) is 10.6. The van der Waals surface area contributed by atoms with E-state index in [0.29, 0.717) is 35.4 Å². The van der Waals surface area contributed by atoms with Crippen LogP contribution in [0.5, 0.6) is 0 Å². The Morgan fingerprint density at radius 1 is 1.16 bits per heavy atom. The summed E-state index contributed by atoms with van der Waals surface area (Å²) >= 11 is 0. The number of hydrogen-bond acceptors (Lipinski definition) is 5. The minimum Gasteiger partial charge on any atom is -0.348 e. The van der Waals surface area contributed by atoms with Crippen LogP contribution in [0.3, 0.4) is 0 Å². The zero-order valence-corrected chi connectivity index (χ0v) is 17.6. The molecule has 0 unspecified atom stereocenters. The summed E-state index contributed by atoms with van der Waals surface area (Å²) in [7, 11) is 0. The van der Waals surface area contributed by atoms with Crippen molar-refractivity contribution in [3.05, 3.63) is 83.3 Å². The molecule has 1 N–H and O–H groups in total. The van der Waals surface area contributed by atoms with E-state index in [2.05, 4.69) is 20.6 Å². The van der Waals surface area contributed by atoms with E-state index in [1.54, 1.807) is 29.9 Å². The van der Waals surface area contributed by atoms with Crippen LogP contribution in [-0.4, -0.2) is 25.8 Å². The number of rotatable bonds is 6. The molecule has 0 atom stereocenters. The molecule has 1 aliphatic carbocycles. The third-order valence-corrected chi connectivity index (χ3v) is 5.80. The molecule has 4 aromatic rings. The lowest BCUT2D eigenvalue weighted by Gasteiger charge is -2.20. The zero-order chi connectivity index (χ0) is 22.1. The second kappa shape index (κ2) is 8.37. The highest BCUT2D eigenvalue weighted by atomic mass is 19.1. The van der Waals surface area contributed by atoms with Gasteiger partial charge in [0.2, 0.25) is 11.7 Å². The Morgan fingerprint density at radius 2 is 1.91 bits per heavy atom. The summed E-state index contributed by atoms with van der Waals surface area (Å²) in [5, 5.41) is 11.4. The van der Waals surface area contributed by atoms with Crippen LogP contribution in [-0.2, 0) is 6.54 Å². The van der Waals surface area contributed by atoms with Gasteiger partial charge in [-0.1, -0.05) is 23.7 Å². The van der Waals surface area contributed by atoms with E-state index in [0.717, 1.165) is 29.7 Å². The van der Waals surface area contributed by atoms with Gasteiger partial charge in [0.05, 0.1) is 16.9 Å². The predicted octanol–water partition coefficient (Wildman–Crippen LogP) is 4.57. The number of amides is 1. The van der Waals surface area contributed by atoms with E-state index in [-0.39, 0.29) is 11.7 Å². The standard InChI is InChI=1S/C24H22FN5O2/c1-15-21(23(31)26-13-16-5-9-19(25)10-6-16)14-30(28-15)20-11-7-17(8-12-20)22-27-24(32-29-22)18-3-2-4-18/h5-12,14,18H,2-4,13H2,1H3,(H,26,31). The van der Waals surface area contributed by atoms with Gasteiger partial charge < -0.3 is 9.84 Å². The highest BCUT2D eigenvalue weighted by Crippen LogP contribution is 2.36. The number of carbonyl (C=O) groups is 1. The van der Waals surface area contributed by atoms with Crippen LogP contribution >= 0.6 is 0 Å². The molecule has 2 heterocycles. The lowest BCUT2D eigenvalue weighted by Crippen LogP contribution is -2.23. The number of aromatic nitrogens is 4. The average molecular weight is 431 g/mol. The Hall–Kier alpha value is -3.81. The van der Waals surface area contributed by atoms with Crippen molar-refractivity contribution in [3.8, 4) is 17.1 Å². The number of aryl methyl sites for hydroxylation is 1. The maximum atomic E-state index is 13.0. The first kappa shape index (κ1) is 20.1. The van der Waals surface area contributed by atoms with Crippen molar-refractivity contribution in [2.45, 2.75) is 38.6 Å². The van der Waals surface area contributed by atoms with E-state index in [9.17, 15) is 9.18 Å². The average Bonchev–Trinajstić information content (AvgIpc) is 3.39. The highest BCUT2D eigenvalue weighted by Gasteiger charge is 2.25. The van der Waals surface area contributed by atoms with Gasteiger partial charge in [-0.2, -0.15) is 10.1 Å². The van der Waals surface area contributed by atoms with E-state index in [1.165, 1.54) is 18.6 Å². The van der Waals surface area contributed by atoms with Crippen LogP contribution in [0.2, 0.25) is 0 Å². The van der Waals surface area contributed by atoms with Crippen molar-refractivity contribution in [1.29, 1.82) is 0 Å². The molecule has 0 saturated heterocycles. The maximum Gasteiger partial charge on any atom is 0.255 e. The Bertz CT molecular complexity index is 1240. The first-order valence-corrected chi connectivity index (χ1v) is 10.6. The number of hydrogen-bond donors (Lipinski definition) is 1. The largest absolute Gasteiger partial charge is 0.348 e. The van der Waals surface area contributed by atoms with Gasteiger partial charge in [0, 0.05) is 24.2 Å². The lowest BCUT2D eigenvalue weighted by molar-refractivity contribution is 0.0950. The minimum absolute atomic E-state index is 0.231. The molecule has 32 heavy (non-hydrogen) atoms. The van der Waals surface area contributed by atoms with Crippen LogP contribution in [0.4, 0.5) is 4.39 Å². The zero-order valence-electron chi connectivity index (χ0n) is 17.6. The second-order valence-electron chi connectivity index (χ2n) is 8.01. The molecule has 1 saturated carbocycles. The fourth-order valence-electron chi connectivity index (χ4n) is 3.63. The van der Waals surface area contributed by atoms with Crippen molar-refractivity contribution >= 4 is 5.91 Å². The summed E-state index contributed by atoms with van der Waals surface area (Å²) in [5.74, 6) is 1.16. The molecule has 0 spiro atoms. The summed E-state index contributed by atoms with van der Waals surface area (Å²) in [5.41, 5.74) is 3.61. The molecule has 0 radical (unpaired) electrons.